The Balaban J connectivity index is 1.64. The highest BCUT2D eigenvalue weighted by Gasteiger charge is 2.41. The molecule has 0 N–H and O–H groups in total. The van der Waals surface area contributed by atoms with Crippen LogP contribution in [-0.4, -0.2) is 24.5 Å². The number of hydrogen-bond donors (Lipinski definition) is 0. The molecule has 0 bridgehead atoms. The molecule has 0 radical (unpaired) electrons. The van der Waals surface area contributed by atoms with Crippen molar-refractivity contribution in [2.45, 2.75) is 44.6 Å². The first-order chi connectivity index (χ1) is 12.1. The summed E-state index contributed by atoms with van der Waals surface area (Å²) in [7, 11) is 1.69. The monoisotopic (exact) mass is 335 g/mol. The zero-order valence-corrected chi connectivity index (χ0v) is 15.0. The molecular formula is C22H25NO2. The van der Waals surface area contributed by atoms with Crippen molar-refractivity contribution in [1.82, 2.24) is 4.90 Å². The highest BCUT2D eigenvalue weighted by Crippen LogP contribution is 2.39. The van der Waals surface area contributed by atoms with E-state index in [4.69, 9.17) is 4.74 Å². The van der Waals surface area contributed by atoms with Gasteiger partial charge < -0.3 is 9.64 Å². The van der Waals surface area contributed by atoms with Gasteiger partial charge >= 0.3 is 0 Å². The van der Waals surface area contributed by atoms with E-state index in [1.807, 2.05) is 11.0 Å². The number of aryl methyl sites for hydroxylation is 1. The number of amides is 1. The number of nitrogens with zero attached hydrogens (tertiary/aromatic N) is 1. The summed E-state index contributed by atoms with van der Waals surface area (Å²) >= 11 is 0. The second kappa shape index (κ2) is 6.21. The largest absolute Gasteiger partial charge is 0.497 e. The third kappa shape index (κ3) is 2.72. The fourth-order valence-electron chi connectivity index (χ4n) is 4.45. The minimum atomic E-state index is -0.398. The Hall–Kier alpha value is -2.29. The predicted octanol–water partition coefficient (Wildman–Crippen LogP) is 3.87. The smallest absolute Gasteiger partial charge is 0.233 e. The van der Waals surface area contributed by atoms with Crippen molar-refractivity contribution in [3.63, 3.8) is 0 Å². The van der Waals surface area contributed by atoms with Crippen LogP contribution in [0.1, 0.15) is 42.0 Å². The van der Waals surface area contributed by atoms with Gasteiger partial charge in [-0.2, -0.15) is 0 Å². The van der Waals surface area contributed by atoms with E-state index < -0.39 is 5.41 Å². The number of benzene rings is 2. The molecule has 0 fully saturated rings. The Bertz CT molecular complexity index is 813. The molecule has 2 aliphatic rings. The van der Waals surface area contributed by atoms with Crippen molar-refractivity contribution in [3.8, 4) is 5.75 Å². The fourth-order valence-corrected chi connectivity index (χ4v) is 4.45. The van der Waals surface area contributed by atoms with Gasteiger partial charge in [0.2, 0.25) is 5.91 Å². The van der Waals surface area contributed by atoms with E-state index in [0.29, 0.717) is 6.54 Å². The summed E-state index contributed by atoms with van der Waals surface area (Å²) in [6, 6.07) is 14.7. The molecule has 1 aliphatic carbocycles. The van der Waals surface area contributed by atoms with Gasteiger partial charge in [0.15, 0.2) is 0 Å². The lowest BCUT2D eigenvalue weighted by atomic mass is 9.70. The maximum atomic E-state index is 13.5. The van der Waals surface area contributed by atoms with Crippen molar-refractivity contribution >= 4 is 5.91 Å². The number of carbonyl (C=O) groups is 1. The molecule has 2 aromatic carbocycles. The standard InChI is InChI=1S/C22H25NO2/c1-22(12-5-7-17-6-3-4-8-20(17)22)21(24)23-13-11-16-9-10-19(25-2)14-18(16)15-23/h3-4,6,8-10,14H,5,7,11-13,15H2,1-2H3. The van der Waals surface area contributed by atoms with Crippen molar-refractivity contribution in [3.05, 3.63) is 64.7 Å². The first kappa shape index (κ1) is 16.2. The zero-order valence-electron chi connectivity index (χ0n) is 15.0. The van der Waals surface area contributed by atoms with Crippen LogP contribution in [0.2, 0.25) is 0 Å². The number of methoxy groups -OCH3 is 1. The quantitative estimate of drug-likeness (QED) is 0.834. The highest BCUT2D eigenvalue weighted by molar-refractivity contribution is 5.88. The molecule has 1 heterocycles. The fraction of sp³-hybridized carbons (Fsp3) is 0.409. The van der Waals surface area contributed by atoms with Crippen LogP contribution in [0.15, 0.2) is 42.5 Å². The Morgan fingerprint density at radius 1 is 1.08 bits per heavy atom. The van der Waals surface area contributed by atoms with Crippen LogP contribution in [0.25, 0.3) is 0 Å². The SMILES string of the molecule is COc1ccc2c(c1)CN(C(=O)C1(C)CCCc3ccccc31)CC2. The minimum absolute atomic E-state index is 0.271. The second-order valence-corrected chi connectivity index (χ2v) is 7.45. The number of fused-ring (bicyclic) bond motifs is 2. The third-order valence-electron chi connectivity index (χ3n) is 5.92. The summed E-state index contributed by atoms with van der Waals surface area (Å²) < 4.78 is 5.36. The molecule has 0 saturated heterocycles. The van der Waals surface area contributed by atoms with Gasteiger partial charge in [0.1, 0.15) is 5.75 Å². The summed E-state index contributed by atoms with van der Waals surface area (Å²) in [5.74, 6) is 1.13. The first-order valence-corrected chi connectivity index (χ1v) is 9.15. The van der Waals surface area contributed by atoms with Crippen molar-refractivity contribution in [1.29, 1.82) is 0 Å². The van der Waals surface area contributed by atoms with Gasteiger partial charge in [0.05, 0.1) is 12.5 Å². The van der Waals surface area contributed by atoms with Crippen molar-refractivity contribution in [2.24, 2.45) is 0 Å². The van der Waals surface area contributed by atoms with Crippen LogP contribution in [-0.2, 0) is 29.6 Å². The van der Waals surface area contributed by atoms with Gasteiger partial charge in [-0.05, 0) is 67.0 Å². The molecule has 1 atom stereocenters. The van der Waals surface area contributed by atoms with Gasteiger partial charge in [-0.3, -0.25) is 4.79 Å². The number of ether oxygens (including phenoxy) is 1. The van der Waals surface area contributed by atoms with E-state index in [9.17, 15) is 4.79 Å². The molecule has 0 spiro atoms. The molecule has 0 aromatic heterocycles. The lowest BCUT2D eigenvalue weighted by Gasteiger charge is -2.40. The number of rotatable bonds is 2. The minimum Gasteiger partial charge on any atom is -0.497 e. The van der Waals surface area contributed by atoms with E-state index in [-0.39, 0.29) is 5.91 Å². The molecule has 3 nitrogen and oxygen atoms in total. The summed E-state index contributed by atoms with van der Waals surface area (Å²) in [5, 5.41) is 0. The summed E-state index contributed by atoms with van der Waals surface area (Å²) in [5.41, 5.74) is 4.71. The number of hydrogen-bond acceptors (Lipinski definition) is 2. The van der Waals surface area contributed by atoms with Crippen LogP contribution < -0.4 is 4.74 Å². The lowest BCUT2D eigenvalue weighted by molar-refractivity contribution is -0.138. The van der Waals surface area contributed by atoms with Gasteiger partial charge in [0, 0.05) is 13.1 Å². The highest BCUT2D eigenvalue weighted by atomic mass is 16.5. The first-order valence-electron chi connectivity index (χ1n) is 9.15. The molecule has 4 rings (SSSR count). The molecule has 1 aliphatic heterocycles. The Kier molecular flexibility index (Phi) is 4.03. The van der Waals surface area contributed by atoms with Gasteiger partial charge in [-0.25, -0.2) is 0 Å². The van der Waals surface area contributed by atoms with Crippen LogP contribution in [0.5, 0.6) is 5.75 Å². The molecule has 1 amide bonds. The maximum absolute atomic E-state index is 13.5. The summed E-state index contributed by atoms with van der Waals surface area (Å²) in [6.07, 6.45) is 4.02. The molecule has 0 saturated carbocycles. The molecule has 1 unspecified atom stereocenters. The summed E-state index contributed by atoms with van der Waals surface area (Å²) in [6.45, 7) is 3.62. The van der Waals surface area contributed by atoms with Gasteiger partial charge in [-0.15, -0.1) is 0 Å². The average molecular weight is 335 g/mol. The van der Waals surface area contributed by atoms with Crippen molar-refractivity contribution < 1.29 is 9.53 Å². The third-order valence-corrected chi connectivity index (χ3v) is 5.92. The van der Waals surface area contributed by atoms with E-state index in [2.05, 4.69) is 43.3 Å². The Labute approximate surface area is 149 Å². The van der Waals surface area contributed by atoms with Crippen LogP contribution in [0.3, 0.4) is 0 Å². The normalized spacial score (nSPS) is 22.1. The average Bonchev–Trinajstić information content (AvgIpc) is 2.67. The van der Waals surface area contributed by atoms with Gasteiger partial charge in [0.25, 0.3) is 0 Å². The Morgan fingerprint density at radius 3 is 2.76 bits per heavy atom. The maximum Gasteiger partial charge on any atom is 0.233 e. The molecule has 25 heavy (non-hydrogen) atoms. The van der Waals surface area contributed by atoms with Crippen LogP contribution >= 0.6 is 0 Å². The van der Waals surface area contributed by atoms with Crippen LogP contribution in [0.4, 0.5) is 0 Å². The Morgan fingerprint density at radius 2 is 1.92 bits per heavy atom. The number of carbonyl (C=O) groups excluding carboxylic acids is 1. The second-order valence-electron chi connectivity index (χ2n) is 7.45. The van der Waals surface area contributed by atoms with E-state index in [1.54, 1.807) is 7.11 Å². The molecular weight excluding hydrogens is 310 g/mol. The topological polar surface area (TPSA) is 29.5 Å². The molecule has 3 heteroatoms. The van der Waals surface area contributed by atoms with Crippen LogP contribution in [0, 0.1) is 0 Å². The summed E-state index contributed by atoms with van der Waals surface area (Å²) in [4.78, 5) is 15.5. The lowest BCUT2D eigenvalue weighted by Crippen LogP contribution is -2.48. The predicted molar refractivity (Wildman–Crippen MR) is 98.8 cm³/mol. The van der Waals surface area contributed by atoms with E-state index in [0.717, 1.165) is 38.0 Å². The van der Waals surface area contributed by atoms with Gasteiger partial charge in [-0.1, -0.05) is 30.3 Å². The molecule has 130 valence electrons. The van der Waals surface area contributed by atoms with E-state index in [1.165, 1.54) is 22.3 Å². The van der Waals surface area contributed by atoms with E-state index >= 15 is 0 Å². The van der Waals surface area contributed by atoms with Crippen molar-refractivity contribution in [2.75, 3.05) is 13.7 Å². The zero-order chi connectivity index (χ0) is 17.4. The molecule has 2 aromatic rings.